The van der Waals surface area contributed by atoms with Crippen molar-refractivity contribution in [3.05, 3.63) is 41.6 Å². The summed E-state index contributed by atoms with van der Waals surface area (Å²) in [5.41, 5.74) is 1.03. The number of nitrogens with one attached hydrogen (secondary N) is 1. The molecule has 10 heteroatoms. The molecule has 1 aliphatic heterocycles. The third-order valence-electron chi connectivity index (χ3n) is 6.45. The molecule has 2 atom stereocenters. The summed E-state index contributed by atoms with van der Waals surface area (Å²) in [4.78, 5) is 15.4. The van der Waals surface area contributed by atoms with Crippen LogP contribution in [0.25, 0.3) is 5.82 Å². The van der Waals surface area contributed by atoms with E-state index < -0.39 is 0 Å². The fraction of sp³-hybridized carbons (Fsp3) is 0.524. The third kappa shape index (κ3) is 4.61. The zero-order chi connectivity index (χ0) is 21.2. The molecule has 31 heavy (non-hydrogen) atoms. The van der Waals surface area contributed by atoms with Gasteiger partial charge in [0.05, 0.1) is 29.3 Å². The first-order valence-electron chi connectivity index (χ1n) is 10.8. The molecule has 0 amide bonds. The summed E-state index contributed by atoms with van der Waals surface area (Å²) >= 11 is 5.89. The van der Waals surface area contributed by atoms with Gasteiger partial charge in [-0.15, -0.1) is 5.10 Å². The van der Waals surface area contributed by atoms with E-state index in [1.165, 1.54) is 25.7 Å². The first-order chi connectivity index (χ1) is 15.2. The Balaban J connectivity index is 1.04. The van der Waals surface area contributed by atoms with Gasteiger partial charge in [-0.1, -0.05) is 11.6 Å². The average molecular weight is 440 g/mol. The number of tetrazole rings is 1. The fourth-order valence-electron chi connectivity index (χ4n) is 4.64. The van der Waals surface area contributed by atoms with Crippen LogP contribution in [-0.2, 0) is 0 Å². The van der Waals surface area contributed by atoms with Crippen molar-refractivity contribution in [2.75, 3.05) is 29.9 Å². The van der Waals surface area contributed by atoms with Gasteiger partial charge in [-0.05, 0) is 72.9 Å². The monoisotopic (exact) mass is 439 g/mol. The molecular weight excluding hydrogens is 414 g/mol. The van der Waals surface area contributed by atoms with E-state index in [1.807, 2.05) is 25.3 Å². The lowest BCUT2D eigenvalue weighted by Gasteiger charge is -2.32. The van der Waals surface area contributed by atoms with Crippen molar-refractivity contribution in [3.8, 4) is 5.82 Å². The Bertz CT molecular complexity index is 996. The van der Waals surface area contributed by atoms with Crippen LogP contribution in [0, 0.1) is 24.7 Å². The fourth-order valence-corrected chi connectivity index (χ4v) is 4.74. The van der Waals surface area contributed by atoms with Crippen molar-refractivity contribution >= 4 is 23.2 Å². The number of aryl methyl sites for hydroxylation is 1. The summed E-state index contributed by atoms with van der Waals surface area (Å²) in [6, 6.07) is 3.96. The van der Waals surface area contributed by atoms with E-state index in [0.29, 0.717) is 5.02 Å². The van der Waals surface area contributed by atoms with Gasteiger partial charge in [-0.3, -0.25) is 0 Å². The molecule has 1 N–H and O–H groups in total. The maximum atomic E-state index is 5.89. The molecule has 1 saturated heterocycles. The second-order valence-electron chi connectivity index (χ2n) is 8.44. The van der Waals surface area contributed by atoms with Gasteiger partial charge in [0.25, 0.3) is 0 Å². The third-order valence-corrected chi connectivity index (χ3v) is 6.64. The highest BCUT2D eigenvalue weighted by Gasteiger charge is 2.43. The molecule has 5 rings (SSSR count). The molecule has 0 aromatic carbocycles. The Kier molecular flexibility index (Phi) is 5.67. The standard InChI is InChI=1S/C21H26ClN9/c1-14-27-28-29-31(14)20-3-2-18(13-24-20)23-7-4-16-10-19(16)15-5-8-30(9-6-15)21-25-11-17(22)12-26-21/h2-3,11-13,15-16,19,23H,4-10H2,1H3/t16-,19-/m1/s1. The van der Waals surface area contributed by atoms with Gasteiger partial charge < -0.3 is 10.2 Å². The van der Waals surface area contributed by atoms with Crippen LogP contribution < -0.4 is 10.2 Å². The molecule has 9 nitrogen and oxygen atoms in total. The van der Waals surface area contributed by atoms with Gasteiger partial charge in [0, 0.05) is 19.6 Å². The molecule has 0 spiro atoms. The number of hydrogen-bond donors (Lipinski definition) is 1. The summed E-state index contributed by atoms with van der Waals surface area (Å²) in [5.74, 6) is 4.79. The molecule has 2 fully saturated rings. The lowest BCUT2D eigenvalue weighted by atomic mass is 9.90. The summed E-state index contributed by atoms with van der Waals surface area (Å²) in [5, 5.41) is 15.6. The van der Waals surface area contributed by atoms with Crippen LogP contribution >= 0.6 is 11.6 Å². The number of rotatable bonds is 7. The number of halogens is 1. The smallest absolute Gasteiger partial charge is 0.225 e. The first-order valence-corrected chi connectivity index (χ1v) is 11.2. The number of pyridine rings is 1. The van der Waals surface area contributed by atoms with Crippen LogP contribution in [-0.4, -0.2) is 54.8 Å². The molecule has 2 aliphatic rings. The Hall–Kier alpha value is -2.81. The van der Waals surface area contributed by atoms with Crippen molar-refractivity contribution in [1.82, 2.24) is 35.2 Å². The highest BCUT2D eigenvalue weighted by Crippen LogP contribution is 2.49. The van der Waals surface area contributed by atoms with Crippen LogP contribution in [0.5, 0.6) is 0 Å². The number of piperidine rings is 1. The minimum Gasteiger partial charge on any atom is -0.384 e. The van der Waals surface area contributed by atoms with E-state index in [2.05, 4.69) is 40.7 Å². The summed E-state index contributed by atoms with van der Waals surface area (Å²) in [7, 11) is 0. The van der Waals surface area contributed by atoms with Crippen LogP contribution in [0.3, 0.4) is 0 Å². The van der Waals surface area contributed by atoms with Crippen LogP contribution in [0.2, 0.25) is 5.02 Å². The zero-order valence-electron chi connectivity index (χ0n) is 17.5. The first kappa shape index (κ1) is 20.1. The maximum Gasteiger partial charge on any atom is 0.225 e. The van der Waals surface area contributed by atoms with E-state index in [4.69, 9.17) is 11.6 Å². The largest absolute Gasteiger partial charge is 0.384 e. The SMILES string of the molecule is Cc1nnnn1-c1ccc(NCC[C@@H]2C[C@@H]2C2CCN(c3ncc(Cl)cn3)CC2)cn1. The van der Waals surface area contributed by atoms with E-state index in [9.17, 15) is 0 Å². The minimum atomic E-state index is 0.586. The lowest BCUT2D eigenvalue weighted by Crippen LogP contribution is -2.35. The molecule has 162 valence electrons. The van der Waals surface area contributed by atoms with Gasteiger partial charge in [0.1, 0.15) is 0 Å². The second kappa shape index (κ2) is 8.74. The second-order valence-corrected chi connectivity index (χ2v) is 8.88. The molecule has 3 aromatic rings. The van der Waals surface area contributed by atoms with Gasteiger partial charge in [0.2, 0.25) is 5.95 Å². The topological polar surface area (TPSA) is 97.5 Å². The van der Waals surface area contributed by atoms with E-state index in [0.717, 1.165) is 60.7 Å². The molecule has 3 aromatic heterocycles. The van der Waals surface area contributed by atoms with Gasteiger partial charge in [0.15, 0.2) is 11.6 Å². The van der Waals surface area contributed by atoms with Gasteiger partial charge >= 0.3 is 0 Å². The predicted octanol–water partition coefficient (Wildman–Crippen LogP) is 3.16. The van der Waals surface area contributed by atoms with Crippen molar-refractivity contribution < 1.29 is 0 Å². The van der Waals surface area contributed by atoms with Crippen molar-refractivity contribution in [1.29, 1.82) is 0 Å². The Morgan fingerprint density at radius 2 is 1.90 bits per heavy atom. The van der Waals surface area contributed by atoms with Gasteiger partial charge in [-0.25, -0.2) is 15.0 Å². The maximum absolute atomic E-state index is 5.89. The number of hydrogen-bond acceptors (Lipinski definition) is 8. The Morgan fingerprint density at radius 3 is 2.58 bits per heavy atom. The number of aromatic nitrogens is 7. The highest BCUT2D eigenvalue weighted by atomic mass is 35.5. The van der Waals surface area contributed by atoms with Crippen molar-refractivity contribution in [2.45, 2.75) is 32.6 Å². The summed E-state index contributed by atoms with van der Waals surface area (Å²) < 4.78 is 1.63. The van der Waals surface area contributed by atoms with E-state index in [1.54, 1.807) is 17.1 Å². The van der Waals surface area contributed by atoms with Crippen LogP contribution in [0.1, 0.15) is 31.5 Å². The molecule has 1 saturated carbocycles. The van der Waals surface area contributed by atoms with Crippen LogP contribution in [0.15, 0.2) is 30.7 Å². The molecule has 4 heterocycles. The Labute approximate surface area is 186 Å². The average Bonchev–Trinajstić information content (AvgIpc) is 3.45. The molecular formula is C21H26ClN9. The van der Waals surface area contributed by atoms with Crippen LogP contribution in [0.4, 0.5) is 11.6 Å². The normalized spacial score (nSPS) is 21.3. The summed E-state index contributed by atoms with van der Waals surface area (Å²) in [6.45, 7) is 4.90. The van der Waals surface area contributed by atoms with Crippen molar-refractivity contribution in [2.24, 2.45) is 17.8 Å². The minimum absolute atomic E-state index is 0.586. The predicted molar refractivity (Wildman–Crippen MR) is 118 cm³/mol. The summed E-state index contributed by atoms with van der Waals surface area (Å²) in [6.07, 6.45) is 10.2. The molecule has 0 radical (unpaired) electrons. The number of anilines is 2. The Morgan fingerprint density at radius 1 is 1.10 bits per heavy atom. The lowest BCUT2D eigenvalue weighted by molar-refractivity contribution is 0.343. The number of nitrogens with zero attached hydrogens (tertiary/aromatic N) is 8. The van der Waals surface area contributed by atoms with Crippen molar-refractivity contribution in [3.63, 3.8) is 0 Å². The van der Waals surface area contributed by atoms with E-state index >= 15 is 0 Å². The molecule has 0 unspecified atom stereocenters. The highest BCUT2D eigenvalue weighted by molar-refractivity contribution is 6.30. The quantitative estimate of drug-likeness (QED) is 0.599. The molecule has 0 bridgehead atoms. The molecule has 1 aliphatic carbocycles. The zero-order valence-corrected chi connectivity index (χ0v) is 18.3. The van der Waals surface area contributed by atoms with E-state index in [-0.39, 0.29) is 0 Å². The van der Waals surface area contributed by atoms with Gasteiger partial charge in [-0.2, -0.15) is 4.68 Å².